The van der Waals surface area contributed by atoms with E-state index in [2.05, 4.69) is 5.32 Å². The van der Waals surface area contributed by atoms with E-state index < -0.39 is 34.1 Å². The molecule has 0 bridgehead atoms. The molecule has 0 aliphatic heterocycles. The molecule has 0 aromatic heterocycles. The van der Waals surface area contributed by atoms with Gasteiger partial charge in [0.2, 0.25) is 21.8 Å². The second-order valence-electron chi connectivity index (χ2n) is 10.8. The number of halogens is 2. The number of benzene rings is 3. The van der Waals surface area contributed by atoms with E-state index in [0.29, 0.717) is 26.9 Å². The Balaban J connectivity index is 2.11. The predicted molar refractivity (Wildman–Crippen MR) is 162 cm³/mol. The zero-order valence-corrected chi connectivity index (χ0v) is 25.6. The lowest BCUT2D eigenvalue weighted by atomic mass is 10.0. The number of aryl methyl sites for hydroxylation is 1. The van der Waals surface area contributed by atoms with Crippen LogP contribution in [0.15, 0.2) is 72.8 Å². The number of nitrogens with one attached hydrogen (secondary N) is 1. The molecule has 1 atom stereocenters. The number of sulfonamides is 1. The van der Waals surface area contributed by atoms with Crippen molar-refractivity contribution >= 4 is 50.7 Å². The highest BCUT2D eigenvalue weighted by molar-refractivity contribution is 7.92. The van der Waals surface area contributed by atoms with Crippen LogP contribution in [0, 0.1) is 6.92 Å². The maximum atomic E-state index is 14.1. The lowest BCUT2D eigenvalue weighted by molar-refractivity contribution is -0.140. The minimum Gasteiger partial charge on any atom is -0.350 e. The van der Waals surface area contributed by atoms with E-state index in [1.165, 1.54) is 4.90 Å². The minimum atomic E-state index is -3.85. The van der Waals surface area contributed by atoms with E-state index in [0.717, 1.165) is 16.1 Å². The van der Waals surface area contributed by atoms with Gasteiger partial charge in [0.1, 0.15) is 12.6 Å². The van der Waals surface area contributed by atoms with Crippen molar-refractivity contribution in [1.82, 2.24) is 10.2 Å². The Hall–Kier alpha value is -3.07. The first-order valence-electron chi connectivity index (χ1n) is 12.8. The van der Waals surface area contributed by atoms with Gasteiger partial charge in [-0.1, -0.05) is 77.8 Å². The van der Waals surface area contributed by atoms with Crippen molar-refractivity contribution in [2.75, 3.05) is 17.1 Å². The van der Waals surface area contributed by atoms with Gasteiger partial charge in [-0.2, -0.15) is 0 Å². The summed E-state index contributed by atoms with van der Waals surface area (Å²) in [5.41, 5.74) is 1.93. The molecule has 2 amide bonds. The number of hydrogen-bond donors (Lipinski definition) is 1. The lowest BCUT2D eigenvalue weighted by Crippen LogP contribution is -2.56. The van der Waals surface area contributed by atoms with Gasteiger partial charge < -0.3 is 10.2 Å². The number of nitrogens with zero attached hydrogens (tertiary/aromatic N) is 2. The summed E-state index contributed by atoms with van der Waals surface area (Å²) in [5, 5.41) is 3.75. The molecule has 0 aliphatic carbocycles. The van der Waals surface area contributed by atoms with Gasteiger partial charge in [0, 0.05) is 28.5 Å². The number of hydrogen-bond acceptors (Lipinski definition) is 4. The van der Waals surface area contributed by atoms with Gasteiger partial charge in [-0.15, -0.1) is 0 Å². The molecule has 214 valence electrons. The maximum Gasteiger partial charge on any atom is 0.244 e. The van der Waals surface area contributed by atoms with Crippen LogP contribution in [0.3, 0.4) is 0 Å². The van der Waals surface area contributed by atoms with Crippen molar-refractivity contribution in [3.8, 4) is 0 Å². The van der Waals surface area contributed by atoms with Gasteiger partial charge in [-0.05, 0) is 62.6 Å². The Morgan fingerprint density at radius 2 is 1.57 bits per heavy atom. The number of rotatable bonds is 10. The number of carbonyl (C=O) groups is 2. The van der Waals surface area contributed by atoms with Crippen molar-refractivity contribution in [2.24, 2.45) is 0 Å². The van der Waals surface area contributed by atoms with Gasteiger partial charge in [-0.25, -0.2) is 8.42 Å². The highest BCUT2D eigenvalue weighted by Gasteiger charge is 2.34. The molecule has 40 heavy (non-hydrogen) atoms. The van der Waals surface area contributed by atoms with Crippen molar-refractivity contribution < 1.29 is 18.0 Å². The standard InChI is InChI=1S/C30H35Cl2N3O4S/c1-21-11-9-10-14-26(21)35(40(5,38)39)20-28(36)34(19-23-15-16-24(31)18-25(23)32)27(29(37)33-30(2,3)4)17-22-12-7-6-8-13-22/h6-16,18,27H,17,19-20H2,1-5H3,(H,33,37). The smallest absolute Gasteiger partial charge is 0.244 e. The van der Waals surface area contributed by atoms with E-state index in [4.69, 9.17) is 23.2 Å². The highest BCUT2D eigenvalue weighted by atomic mass is 35.5. The van der Waals surface area contributed by atoms with Crippen LogP contribution in [0.2, 0.25) is 10.0 Å². The van der Waals surface area contributed by atoms with Crippen LogP contribution in [0.4, 0.5) is 5.69 Å². The third kappa shape index (κ3) is 8.71. The van der Waals surface area contributed by atoms with E-state index in [1.54, 1.807) is 49.4 Å². The molecule has 0 heterocycles. The van der Waals surface area contributed by atoms with Crippen LogP contribution in [0.1, 0.15) is 37.5 Å². The van der Waals surface area contributed by atoms with Crippen molar-refractivity contribution in [1.29, 1.82) is 0 Å². The summed E-state index contributed by atoms with van der Waals surface area (Å²) in [7, 11) is -3.85. The molecule has 0 aliphatic rings. The molecule has 0 radical (unpaired) electrons. The van der Waals surface area contributed by atoms with Crippen molar-refractivity contribution in [3.63, 3.8) is 0 Å². The molecule has 0 saturated carbocycles. The number of amides is 2. The average molecular weight is 605 g/mol. The Morgan fingerprint density at radius 1 is 0.950 bits per heavy atom. The first-order chi connectivity index (χ1) is 18.7. The molecule has 3 rings (SSSR count). The topological polar surface area (TPSA) is 86.8 Å². The highest BCUT2D eigenvalue weighted by Crippen LogP contribution is 2.26. The maximum absolute atomic E-state index is 14.1. The number of carbonyl (C=O) groups excluding carboxylic acids is 2. The van der Waals surface area contributed by atoms with Crippen LogP contribution < -0.4 is 9.62 Å². The minimum absolute atomic E-state index is 0.0325. The first-order valence-corrected chi connectivity index (χ1v) is 15.4. The summed E-state index contributed by atoms with van der Waals surface area (Å²) in [6, 6.07) is 20.2. The van der Waals surface area contributed by atoms with Gasteiger partial charge in [0.15, 0.2) is 0 Å². The monoisotopic (exact) mass is 603 g/mol. The molecule has 0 fully saturated rings. The summed E-state index contributed by atoms with van der Waals surface area (Å²) in [4.78, 5) is 29.3. The normalized spacial score (nSPS) is 12.5. The Kier molecular flexibility index (Phi) is 10.3. The van der Waals surface area contributed by atoms with Crippen LogP contribution in [-0.4, -0.2) is 49.5 Å². The van der Waals surface area contributed by atoms with E-state index in [1.807, 2.05) is 51.1 Å². The summed E-state index contributed by atoms with van der Waals surface area (Å²) in [5.74, 6) is -0.915. The van der Waals surface area contributed by atoms with Crippen LogP contribution in [-0.2, 0) is 32.6 Å². The molecule has 7 nitrogen and oxygen atoms in total. The fraction of sp³-hybridized carbons (Fsp3) is 0.333. The molecule has 0 spiro atoms. The predicted octanol–water partition coefficient (Wildman–Crippen LogP) is 5.62. The average Bonchev–Trinajstić information content (AvgIpc) is 2.85. The number of anilines is 1. The van der Waals surface area contributed by atoms with E-state index in [9.17, 15) is 18.0 Å². The quantitative estimate of drug-likeness (QED) is 0.326. The van der Waals surface area contributed by atoms with Gasteiger partial charge in [0.25, 0.3) is 0 Å². The zero-order valence-electron chi connectivity index (χ0n) is 23.3. The van der Waals surface area contributed by atoms with E-state index >= 15 is 0 Å². The number of para-hydroxylation sites is 1. The zero-order chi connectivity index (χ0) is 29.7. The lowest BCUT2D eigenvalue weighted by Gasteiger charge is -2.35. The summed E-state index contributed by atoms with van der Waals surface area (Å²) >= 11 is 12.6. The SMILES string of the molecule is Cc1ccccc1N(CC(=O)N(Cc1ccc(Cl)cc1Cl)C(Cc1ccccc1)C(=O)NC(C)(C)C)S(C)(=O)=O. The van der Waals surface area contributed by atoms with Gasteiger partial charge in [0.05, 0.1) is 11.9 Å². The Labute approximate surface area is 247 Å². The third-order valence-electron chi connectivity index (χ3n) is 6.19. The first kappa shape index (κ1) is 31.5. The van der Waals surface area contributed by atoms with Gasteiger partial charge >= 0.3 is 0 Å². The molecular formula is C30H35Cl2N3O4S. The molecule has 0 saturated heterocycles. The van der Waals surface area contributed by atoms with Crippen molar-refractivity contribution in [3.05, 3.63) is 99.5 Å². The fourth-order valence-corrected chi connectivity index (χ4v) is 5.65. The Morgan fingerprint density at radius 3 is 2.15 bits per heavy atom. The van der Waals surface area contributed by atoms with Gasteiger partial charge in [-0.3, -0.25) is 13.9 Å². The van der Waals surface area contributed by atoms with Crippen LogP contribution >= 0.6 is 23.2 Å². The molecule has 1 N–H and O–H groups in total. The van der Waals surface area contributed by atoms with Crippen LogP contribution in [0.5, 0.6) is 0 Å². The van der Waals surface area contributed by atoms with E-state index in [-0.39, 0.29) is 18.9 Å². The second-order valence-corrected chi connectivity index (χ2v) is 13.5. The van der Waals surface area contributed by atoms with Crippen molar-refractivity contribution in [2.45, 2.75) is 52.2 Å². The molecule has 3 aromatic rings. The summed E-state index contributed by atoms with van der Waals surface area (Å²) < 4.78 is 26.9. The second kappa shape index (κ2) is 13.1. The Bertz CT molecular complexity index is 1460. The molecule has 1 unspecified atom stereocenters. The van der Waals surface area contributed by atoms with Crippen LogP contribution in [0.25, 0.3) is 0 Å². The largest absolute Gasteiger partial charge is 0.350 e. The molecule has 3 aromatic carbocycles. The third-order valence-corrected chi connectivity index (χ3v) is 7.90. The molecular weight excluding hydrogens is 569 g/mol. The summed E-state index contributed by atoms with van der Waals surface area (Å²) in [6.07, 6.45) is 1.27. The molecule has 10 heteroatoms. The summed E-state index contributed by atoms with van der Waals surface area (Å²) in [6.45, 7) is 6.82. The fourth-order valence-electron chi connectivity index (χ4n) is 4.28.